The van der Waals surface area contributed by atoms with Gasteiger partial charge in [-0.05, 0) is 26.7 Å². The number of benzene rings is 1. The van der Waals surface area contributed by atoms with Crippen LogP contribution < -0.4 is 10.6 Å². The van der Waals surface area contributed by atoms with Crippen molar-refractivity contribution in [2.24, 2.45) is 0 Å². The van der Waals surface area contributed by atoms with E-state index >= 15 is 0 Å². The zero-order chi connectivity index (χ0) is 19.7. The van der Waals surface area contributed by atoms with Crippen molar-refractivity contribution in [3.05, 3.63) is 53.3 Å². The molecule has 1 aromatic carbocycles. The van der Waals surface area contributed by atoms with Gasteiger partial charge in [-0.15, -0.1) is 0 Å². The predicted molar refractivity (Wildman–Crippen MR) is 102 cm³/mol. The van der Waals surface area contributed by atoms with E-state index in [4.69, 9.17) is 4.52 Å². The minimum absolute atomic E-state index is 0.101. The maximum absolute atomic E-state index is 12.1. The van der Waals surface area contributed by atoms with Gasteiger partial charge in [0.25, 0.3) is 0 Å². The number of carbonyl (C=O) groups excluding carboxylic acids is 2. The number of aryl methyl sites for hydroxylation is 1. The average Bonchev–Trinajstić information content (AvgIpc) is 3.38. The highest BCUT2D eigenvalue weighted by atomic mass is 16.5. The van der Waals surface area contributed by atoms with Crippen molar-refractivity contribution in [2.45, 2.75) is 39.3 Å². The number of nitrogens with one attached hydrogen (secondary N) is 2. The number of hydrogen-bond acceptors (Lipinski definition) is 5. The molecule has 1 aliphatic rings. The molecular weight excluding hydrogens is 358 g/mol. The first-order valence-corrected chi connectivity index (χ1v) is 9.19. The van der Waals surface area contributed by atoms with Crippen molar-refractivity contribution in [3.63, 3.8) is 0 Å². The summed E-state index contributed by atoms with van der Waals surface area (Å²) in [4.78, 5) is 24.3. The molecule has 28 heavy (non-hydrogen) atoms. The fraction of sp³-hybridized carbons (Fsp3) is 0.300. The van der Waals surface area contributed by atoms with Crippen LogP contribution in [0.1, 0.15) is 35.8 Å². The van der Waals surface area contributed by atoms with Crippen molar-refractivity contribution in [1.82, 2.24) is 20.3 Å². The summed E-state index contributed by atoms with van der Waals surface area (Å²) in [5, 5.41) is 13.5. The lowest BCUT2D eigenvalue weighted by atomic mass is 10.1. The van der Waals surface area contributed by atoms with Gasteiger partial charge in [-0.2, -0.15) is 5.10 Å². The average molecular weight is 379 g/mol. The molecule has 0 radical (unpaired) electrons. The number of aromatic nitrogens is 3. The topological polar surface area (TPSA) is 102 Å². The van der Waals surface area contributed by atoms with Crippen LogP contribution in [0.4, 0.5) is 5.82 Å². The van der Waals surface area contributed by atoms with E-state index < -0.39 is 11.8 Å². The van der Waals surface area contributed by atoms with Gasteiger partial charge in [0.15, 0.2) is 11.6 Å². The van der Waals surface area contributed by atoms with Crippen LogP contribution in [0.3, 0.4) is 0 Å². The molecule has 1 saturated carbocycles. The van der Waals surface area contributed by atoms with Gasteiger partial charge in [0.2, 0.25) is 0 Å². The third-order valence-electron chi connectivity index (χ3n) is 4.74. The Morgan fingerprint density at radius 3 is 2.64 bits per heavy atom. The van der Waals surface area contributed by atoms with Gasteiger partial charge >= 0.3 is 11.8 Å². The third-order valence-corrected chi connectivity index (χ3v) is 4.74. The Bertz CT molecular complexity index is 1020. The molecule has 2 heterocycles. The largest absolute Gasteiger partial charge is 0.356 e. The van der Waals surface area contributed by atoms with E-state index in [1.165, 1.54) is 0 Å². The summed E-state index contributed by atoms with van der Waals surface area (Å²) in [6.07, 6.45) is 2.19. The van der Waals surface area contributed by atoms with Crippen molar-refractivity contribution >= 4 is 17.6 Å². The van der Waals surface area contributed by atoms with Gasteiger partial charge in [-0.25, -0.2) is 0 Å². The number of nitrogens with zero attached hydrogens (tertiary/aromatic N) is 3. The highest BCUT2D eigenvalue weighted by Crippen LogP contribution is 2.35. The first-order chi connectivity index (χ1) is 13.5. The fourth-order valence-corrected chi connectivity index (χ4v) is 3.05. The molecule has 1 aliphatic carbocycles. The SMILES string of the molecule is Cc1c(CNC(=O)C(=O)Nc2cc(C)n(C3CC3)n2)noc1-c1ccccc1. The Morgan fingerprint density at radius 2 is 1.93 bits per heavy atom. The molecule has 0 bridgehead atoms. The molecule has 0 aliphatic heterocycles. The summed E-state index contributed by atoms with van der Waals surface area (Å²) >= 11 is 0. The Morgan fingerprint density at radius 1 is 1.18 bits per heavy atom. The van der Waals surface area contributed by atoms with Gasteiger partial charge in [0, 0.05) is 22.9 Å². The highest BCUT2D eigenvalue weighted by Gasteiger charge is 2.26. The molecule has 0 atom stereocenters. The molecule has 2 amide bonds. The Hall–Kier alpha value is -3.42. The van der Waals surface area contributed by atoms with Crippen LogP contribution >= 0.6 is 0 Å². The maximum atomic E-state index is 12.1. The second-order valence-electron chi connectivity index (χ2n) is 6.93. The molecule has 144 valence electrons. The number of amides is 2. The molecule has 0 spiro atoms. The molecule has 1 fully saturated rings. The second-order valence-corrected chi connectivity index (χ2v) is 6.93. The fourth-order valence-electron chi connectivity index (χ4n) is 3.05. The predicted octanol–water partition coefficient (Wildman–Crippen LogP) is 2.74. The van der Waals surface area contributed by atoms with Crippen LogP contribution in [-0.4, -0.2) is 26.8 Å². The van der Waals surface area contributed by atoms with Crippen LogP contribution in [0, 0.1) is 13.8 Å². The number of anilines is 1. The molecule has 0 unspecified atom stereocenters. The smallest absolute Gasteiger partial charge is 0.314 e. The Kier molecular flexibility index (Phi) is 4.68. The maximum Gasteiger partial charge on any atom is 0.314 e. The van der Waals surface area contributed by atoms with E-state index in [2.05, 4.69) is 20.9 Å². The van der Waals surface area contributed by atoms with Gasteiger partial charge in [0.1, 0.15) is 5.69 Å². The number of hydrogen-bond donors (Lipinski definition) is 2. The minimum Gasteiger partial charge on any atom is -0.356 e. The van der Waals surface area contributed by atoms with Crippen LogP contribution in [0.5, 0.6) is 0 Å². The minimum atomic E-state index is -0.759. The van der Waals surface area contributed by atoms with E-state index in [0.29, 0.717) is 23.3 Å². The monoisotopic (exact) mass is 379 g/mol. The highest BCUT2D eigenvalue weighted by molar-refractivity contribution is 6.39. The second kappa shape index (κ2) is 7.30. The van der Waals surface area contributed by atoms with Crippen LogP contribution in [0.15, 0.2) is 40.9 Å². The molecule has 4 rings (SSSR count). The molecule has 2 aromatic heterocycles. The van der Waals surface area contributed by atoms with Crippen molar-refractivity contribution in [1.29, 1.82) is 0 Å². The Balaban J connectivity index is 1.36. The molecule has 3 aromatic rings. The summed E-state index contributed by atoms with van der Waals surface area (Å²) in [7, 11) is 0. The zero-order valence-electron chi connectivity index (χ0n) is 15.7. The molecule has 8 heteroatoms. The van der Waals surface area contributed by atoms with Crippen molar-refractivity contribution < 1.29 is 14.1 Å². The lowest BCUT2D eigenvalue weighted by Crippen LogP contribution is -2.35. The number of rotatable bonds is 5. The summed E-state index contributed by atoms with van der Waals surface area (Å²) in [6, 6.07) is 11.8. The molecule has 8 nitrogen and oxygen atoms in total. The van der Waals surface area contributed by atoms with E-state index in [-0.39, 0.29) is 6.54 Å². The van der Waals surface area contributed by atoms with Crippen molar-refractivity contribution in [2.75, 3.05) is 5.32 Å². The van der Waals surface area contributed by atoms with Crippen molar-refractivity contribution in [3.8, 4) is 11.3 Å². The number of carbonyl (C=O) groups is 2. The first kappa shape index (κ1) is 18.0. The summed E-state index contributed by atoms with van der Waals surface area (Å²) < 4.78 is 7.29. The van der Waals surface area contributed by atoms with Crippen LogP contribution in [0.25, 0.3) is 11.3 Å². The van der Waals surface area contributed by atoms with E-state index in [1.54, 1.807) is 6.07 Å². The summed E-state index contributed by atoms with van der Waals surface area (Å²) in [5.74, 6) is -0.476. The standard InChI is InChI=1S/C20H21N5O3/c1-12-10-17(23-25(12)15-8-9-15)22-20(27)19(26)21-11-16-13(2)18(28-24-16)14-6-4-3-5-7-14/h3-7,10,15H,8-9,11H2,1-2H3,(H,21,26)(H,22,23,27). The summed E-state index contributed by atoms with van der Waals surface area (Å²) in [5.41, 5.74) is 3.27. The van der Waals surface area contributed by atoms with Crippen LogP contribution in [-0.2, 0) is 16.1 Å². The van der Waals surface area contributed by atoms with Crippen LogP contribution in [0.2, 0.25) is 0 Å². The zero-order valence-corrected chi connectivity index (χ0v) is 15.7. The lowest BCUT2D eigenvalue weighted by Gasteiger charge is -2.04. The lowest BCUT2D eigenvalue weighted by molar-refractivity contribution is -0.136. The van der Waals surface area contributed by atoms with E-state index in [0.717, 1.165) is 29.7 Å². The molecule has 2 N–H and O–H groups in total. The molecule has 0 saturated heterocycles. The Labute approximate surface area is 161 Å². The van der Waals surface area contributed by atoms with Gasteiger partial charge in [-0.1, -0.05) is 35.5 Å². The van der Waals surface area contributed by atoms with E-state index in [1.807, 2.05) is 48.9 Å². The van der Waals surface area contributed by atoms with Gasteiger partial charge in [0.05, 0.1) is 12.6 Å². The van der Waals surface area contributed by atoms with Gasteiger partial charge < -0.3 is 15.2 Å². The molecular formula is C20H21N5O3. The van der Waals surface area contributed by atoms with E-state index in [9.17, 15) is 9.59 Å². The first-order valence-electron chi connectivity index (χ1n) is 9.19. The summed E-state index contributed by atoms with van der Waals surface area (Å²) in [6.45, 7) is 3.90. The quantitative estimate of drug-likeness (QED) is 0.664. The van der Waals surface area contributed by atoms with Gasteiger partial charge in [-0.3, -0.25) is 14.3 Å². The third kappa shape index (κ3) is 3.66. The normalized spacial score (nSPS) is 13.4.